The molecule has 5 unspecified atom stereocenters. The third kappa shape index (κ3) is 10.1. The average molecular weight is 469 g/mol. The van der Waals surface area contributed by atoms with Crippen molar-refractivity contribution in [3.63, 3.8) is 0 Å². The van der Waals surface area contributed by atoms with Gasteiger partial charge in [-0.2, -0.15) is 24.4 Å². The number of aliphatic hydroxyl groups is 1. The van der Waals surface area contributed by atoms with Crippen molar-refractivity contribution in [1.82, 2.24) is 16.0 Å². The van der Waals surface area contributed by atoms with Crippen LogP contribution in [0.3, 0.4) is 0 Å². The van der Waals surface area contributed by atoms with Gasteiger partial charge in [0.1, 0.15) is 24.2 Å². The number of carbonyl (C=O) groups excluding carboxylic acids is 3. The minimum atomic E-state index is -1.59. The molecule has 8 N–H and O–H groups in total. The highest BCUT2D eigenvalue weighted by Gasteiger charge is 2.31. The number of aliphatic carboxylic acids is 2. The van der Waals surface area contributed by atoms with Crippen LogP contribution in [0.25, 0.3) is 0 Å². The molecule has 0 saturated carbocycles. The van der Waals surface area contributed by atoms with Gasteiger partial charge in [-0.3, -0.25) is 19.2 Å². The number of thioether (sulfide) groups is 1. The van der Waals surface area contributed by atoms with Gasteiger partial charge in [-0.05, 0) is 25.4 Å². The number of thiol groups is 1. The molecule has 0 bridgehead atoms. The van der Waals surface area contributed by atoms with Crippen molar-refractivity contribution in [3.8, 4) is 0 Å². The molecule has 0 aromatic rings. The number of aliphatic hydroxyl groups excluding tert-OH is 1. The van der Waals surface area contributed by atoms with E-state index in [0.717, 1.165) is 0 Å². The van der Waals surface area contributed by atoms with Crippen LogP contribution in [-0.4, -0.2) is 93.0 Å². The SMILES string of the molecule is CSCCC(NC(=O)C(CC(=O)O)NC(=O)C(CS)NC(=O)C(N)C(C)O)C(=O)O. The molecule has 0 aliphatic heterocycles. The second-order valence-electron chi connectivity index (χ2n) is 6.35. The highest BCUT2D eigenvalue weighted by Crippen LogP contribution is 2.04. The van der Waals surface area contributed by atoms with Gasteiger partial charge in [0.05, 0.1) is 12.5 Å². The Morgan fingerprint density at radius 3 is 1.90 bits per heavy atom. The maximum atomic E-state index is 12.4. The molecule has 0 saturated heterocycles. The largest absolute Gasteiger partial charge is 0.481 e. The quantitative estimate of drug-likeness (QED) is 0.125. The topological polar surface area (TPSA) is 208 Å². The fourth-order valence-corrected chi connectivity index (χ4v) is 2.83. The van der Waals surface area contributed by atoms with Gasteiger partial charge >= 0.3 is 11.9 Å². The Morgan fingerprint density at radius 1 is 0.967 bits per heavy atom. The zero-order valence-electron chi connectivity index (χ0n) is 16.5. The lowest BCUT2D eigenvalue weighted by molar-refractivity contribution is -0.143. The summed E-state index contributed by atoms with van der Waals surface area (Å²) in [5, 5.41) is 34.2. The van der Waals surface area contributed by atoms with E-state index in [-0.39, 0.29) is 12.2 Å². The standard InChI is InChI=1S/C16H28N4O8S2/c1-7(21)12(17)15(26)20-10(6-29)14(25)19-9(5-11(22)23)13(24)18-8(16(27)28)3-4-30-2/h7-10,12,21,29H,3-6,17H2,1-2H3,(H,18,24)(H,19,25)(H,20,26)(H,22,23)(H,27,28). The highest BCUT2D eigenvalue weighted by atomic mass is 32.2. The van der Waals surface area contributed by atoms with Crippen LogP contribution in [0.5, 0.6) is 0 Å². The molecule has 14 heteroatoms. The van der Waals surface area contributed by atoms with Crippen molar-refractivity contribution < 1.29 is 39.3 Å². The lowest BCUT2D eigenvalue weighted by Gasteiger charge is -2.24. The molecule has 12 nitrogen and oxygen atoms in total. The summed E-state index contributed by atoms with van der Waals surface area (Å²) in [6, 6.07) is -5.44. The third-order valence-corrected chi connectivity index (χ3v) is 4.88. The molecule has 0 spiro atoms. The number of carbonyl (C=O) groups is 5. The Labute approximate surface area is 183 Å². The molecule has 172 valence electrons. The highest BCUT2D eigenvalue weighted by molar-refractivity contribution is 7.98. The van der Waals surface area contributed by atoms with Gasteiger partial charge in [0.2, 0.25) is 17.7 Å². The fraction of sp³-hybridized carbons (Fsp3) is 0.688. The predicted octanol–water partition coefficient (Wildman–Crippen LogP) is -2.61. The van der Waals surface area contributed by atoms with E-state index in [2.05, 4.69) is 28.6 Å². The summed E-state index contributed by atoms with van der Waals surface area (Å²) < 4.78 is 0. The summed E-state index contributed by atoms with van der Waals surface area (Å²) in [5.41, 5.74) is 5.48. The van der Waals surface area contributed by atoms with Crippen molar-refractivity contribution in [1.29, 1.82) is 0 Å². The fourth-order valence-electron chi connectivity index (χ4n) is 2.10. The Hall–Kier alpha value is -2.03. The normalized spacial score (nSPS) is 15.8. The number of amides is 3. The third-order valence-electron chi connectivity index (χ3n) is 3.87. The number of nitrogens with two attached hydrogens (primary N) is 1. The number of nitrogens with one attached hydrogen (secondary N) is 3. The smallest absolute Gasteiger partial charge is 0.326 e. The maximum Gasteiger partial charge on any atom is 0.326 e. The van der Waals surface area contributed by atoms with E-state index in [9.17, 15) is 34.2 Å². The second-order valence-corrected chi connectivity index (χ2v) is 7.70. The first-order valence-electron chi connectivity index (χ1n) is 8.83. The van der Waals surface area contributed by atoms with Gasteiger partial charge in [0.15, 0.2) is 0 Å². The minimum Gasteiger partial charge on any atom is -0.481 e. The zero-order valence-corrected chi connectivity index (χ0v) is 18.2. The summed E-state index contributed by atoms with van der Waals surface area (Å²) in [6.07, 6.45) is -0.146. The van der Waals surface area contributed by atoms with Crippen LogP contribution in [0.4, 0.5) is 0 Å². The molecule has 30 heavy (non-hydrogen) atoms. The van der Waals surface area contributed by atoms with E-state index in [4.69, 9.17) is 10.8 Å². The summed E-state index contributed by atoms with van der Waals surface area (Å²) in [6.45, 7) is 1.28. The van der Waals surface area contributed by atoms with E-state index in [1.54, 1.807) is 6.26 Å². The molecule has 0 heterocycles. The van der Waals surface area contributed by atoms with E-state index in [0.29, 0.717) is 5.75 Å². The number of carboxylic acid groups (broad SMARTS) is 2. The molecule has 3 amide bonds. The number of hydrogen-bond donors (Lipinski definition) is 8. The molecule has 0 fully saturated rings. The van der Waals surface area contributed by atoms with Gasteiger partial charge in [0, 0.05) is 5.75 Å². The molecular weight excluding hydrogens is 440 g/mol. The number of rotatable bonds is 14. The number of hydrogen-bond acceptors (Lipinski definition) is 9. The van der Waals surface area contributed by atoms with Gasteiger partial charge in [-0.1, -0.05) is 0 Å². The van der Waals surface area contributed by atoms with E-state index in [1.807, 2.05) is 0 Å². The number of carboxylic acids is 2. The Balaban J connectivity index is 5.26. The molecule has 5 atom stereocenters. The van der Waals surface area contributed by atoms with Crippen molar-refractivity contribution in [3.05, 3.63) is 0 Å². The predicted molar refractivity (Wildman–Crippen MR) is 112 cm³/mol. The first kappa shape index (κ1) is 28.0. The molecule has 0 aliphatic carbocycles. The summed E-state index contributed by atoms with van der Waals surface area (Å²) >= 11 is 5.30. The van der Waals surface area contributed by atoms with Gasteiger partial charge in [-0.25, -0.2) is 4.79 Å². The van der Waals surface area contributed by atoms with E-state index in [1.165, 1.54) is 18.7 Å². The Kier molecular flexibility index (Phi) is 13.1. The minimum absolute atomic E-state index is 0.0997. The molecule has 0 aromatic heterocycles. The van der Waals surface area contributed by atoms with Crippen LogP contribution in [0, 0.1) is 0 Å². The van der Waals surface area contributed by atoms with Crippen LogP contribution in [0.2, 0.25) is 0 Å². The van der Waals surface area contributed by atoms with Crippen molar-refractivity contribution in [2.24, 2.45) is 5.73 Å². The molecule has 0 aliphatic rings. The molecule has 0 rings (SSSR count). The monoisotopic (exact) mass is 468 g/mol. The average Bonchev–Trinajstić information content (AvgIpc) is 2.66. The van der Waals surface area contributed by atoms with Crippen LogP contribution in [0.15, 0.2) is 0 Å². The van der Waals surface area contributed by atoms with Crippen molar-refractivity contribution in [2.75, 3.05) is 17.8 Å². The van der Waals surface area contributed by atoms with Gasteiger partial charge in [0.25, 0.3) is 0 Å². The lowest BCUT2D eigenvalue weighted by atomic mass is 10.1. The van der Waals surface area contributed by atoms with E-state index >= 15 is 0 Å². The summed E-state index contributed by atoms with van der Waals surface area (Å²) in [5.74, 6) is -5.25. The molecular formula is C16H28N4O8S2. The van der Waals surface area contributed by atoms with Crippen LogP contribution in [0.1, 0.15) is 19.8 Å². The maximum absolute atomic E-state index is 12.4. The van der Waals surface area contributed by atoms with Crippen molar-refractivity contribution in [2.45, 2.75) is 50.0 Å². The first-order valence-corrected chi connectivity index (χ1v) is 10.9. The first-order chi connectivity index (χ1) is 13.9. The van der Waals surface area contributed by atoms with E-state index < -0.39 is 66.4 Å². The summed E-state index contributed by atoms with van der Waals surface area (Å²) in [4.78, 5) is 59.1. The zero-order chi connectivity index (χ0) is 23.4. The lowest BCUT2D eigenvalue weighted by Crippen LogP contribution is -2.59. The second kappa shape index (κ2) is 14.1. The van der Waals surface area contributed by atoms with Gasteiger partial charge < -0.3 is 37.0 Å². The Morgan fingerprint density at radius 2 is 1.47 bits per heavy atom. The van der Waals surface area contributed by atoms with Gasteiger partial charge in [-0.15, -0.1) is 0 Å². The van der Waals surface area contributed by atoms with Crippen LogP contribution < -0.4 is 21.7 Å². The van der Waals surface area contributed by atoms with Crippen molar-refractivity contribution >= 4 is 54.1 Å². The summed E-state index contributed by atoms with van der Waals surface area (Å²) in [7, 11) is 0. The Bertz CT molecular complexity index is 634. The van der Waals surface area contributed by atoms with Crippen LogP contribution in [-0.2, 0) is 24.0 Å². The molecule has 0 aromatic carbocycles. The molecule has 0 radical (unpaired) electrons. The van der Waals surface area contributed by atoms with Crippen LogP contribution >= 0.6 is 24.4 Å².